The molecule has 0 aromatic rings. The van der Waals surface area contributed by atoms with Crippen molar-refractivity contribution in [2.24, 2.45) is 5.73 Å². The first kappa shape index (κ1) is 14.5. The Kier molecular flexibility index (Phi) is 5.10. The highest BCUT2D eigenvalue weighted by Crippen LogP contribution is 2.19. The summed E-state index contributed by atoms with van der Waals surface area (Å²) in [6.07, 6.45) is 0.0764. The van der Waals surface area contributed by atoms with Gasteiger partial charge in [0.15, 0.2) is 0 Å². The van der Waals surface area contributed by atoms with Crippen LogP contribution in [0.3, 0.4) is 0 Å². The number of aliphatic carboxylic acids is 1. The molecule has 100 valence electrons. The average Bonchev–Trinajstić information content (AvgIpc) is 2.61. The highest BCUT2D eigenvalue weighted by molar-refractivity contribution is 8.00. The van der Waals surface area contributed by atoms with Crippen LogP contribution in [0.1, 0.15) is 6.42 Å². The third-order valence-electron chi connectivity index (χ3n) is 2.15. The molecule has 5 N–H and O–H groups in total. The summed E-state index contributed by atoms with van der Waals surface area (Å²) in [4.78, 5) is 43.6. The van der Waals surface area contributed by atoms with E-state index in [1.807, 2.05) is 0 Å². The summed E-state index contributed by atoms with van der Waals surface area (Å²) in [5.74, 6) is -2.36. The van der Waals surface area contributed by atoms with Gasteiger partial charge in [0.2, 0.25) is 17.7 Å². The van der Waals surface area contributed by atoms with Crippen molar-refractivity contribution in [2.75, 3.05) is 12.3 Å². The van der Waals surface area contributed by atoms with E-state index in [4.69, 9.17) is 10.8 Å². The molecule has 1 aliphatic heterocycles. The predicted octanol–water partition coefficient (Wildman–Crippen LogP) is -2.34. The zero-order chi connectivity index (χ0) is 13.7. The number of rotatable bonds is 6. The molecule has 9 heteroatoms. The molecule has 18 heavy (non-hydrogen) atoms. The molecule has 0 spiro atoms. The number of hydrogen-bond acceptors (Lipinski definition) is 6. The third-order valence-corrected chi connectivity index (χ3v) is 3.49. The molecule has 1 saturated heterocycles. The molecule has 0 aliphatic carbocycles. The van der Waals surface area contributed by atoms with Crippen LogP contribution in [0.4, 0.5) is 0 Å². The van der Waals surface area contributed by atoms with Crippen LogP contribution in [-0.2, 0) is 19.2 Å². The largest absolute Gasteiger partial charge is 0.480 e. The van der Waals surface area contributed by atoms with Crippen molar-refractivity contribution in [2.45, 2.75) is 17.7 Å². The van der Waals surface area contributed by atoms with Gasteiger partial charge in [-0.15, -0.1) is 11.8 Å². The minimum Gasteiger partial charge on any atom is -0.480 e. The molecule has 1 fully saturated rings. The minimum atomic E-state index is -1.16. The molecule has 1 rings (SSSR count). The van der Waals surface area contributed by atoms with Gasteiger partial charge in [0.05, 0.1) is 11.3 Å². The van der Waals surface area contributed by atoms with Crippen LogP contribution in [0, 0.1) is 0 Å². The second-order valence-electron chi connectivity index (χ2n) is 3.66. The molecule has 3 amide bonds. The Morgan fingerprint density at radius 3 is 2.72 bits per heavy atom. The average molecular weight is 275 g/mol. The molecule has 0 bridgehead atoms. The molecule has 2 atom stereocenters. The smallest absolute Gasteiger partial charge is 0.322 e. The fourth-order valence-corrected chi connectivity index (χ4v) is 2.32. The van der Waals surface area contributed by atoms with Crippen molar-refractivity contribution in [3.05, 3.63) is 0 Å². The van der Waals surface area contributed by atoms with E-state index in [9.17, 15) is 19.2 Å². The summed E-state index contributed by atoms with van der Waals surface area (Å²) in [6.45, 7) is -0.500. The Morgan fingerprint density at radius 2 is 2.22 bits per heavy atom. The first-order valence-electron chi connectivity index (χ1n) is 5.10. The van der Waals surface area contributed by atoms with Gasteiger partial charge in [0, 0.05) is 12.2 Å². The van der Waals surface area contributed by atoms with Gasteiger partial charge < -0.3 is 16.2 Å². The van der Waals surface area contributed by atoms with Crippen molar-refractivity contribution >= 4 is 35.5 Å². The Morgan fingerprint density at radius 1 is 1.56 bits per heavy atom. The van der Waals surface area contributed by atoms with Crippen molar-refractivity contribution in [1.82, 2.24) is 10.6 Å². The Hall–Kier alpha value is -1.61. The van der Waals surface area contributed by atoms with Crippen molar-refractivity contribution in [3.8, 4) is 0 Å². The zero-order valence-electron chi connectivity index (χ0n) is 9.34. The zero-order valence-corrected chi connectivity index (χ0v) is 10.2. The highest BCUT2D eigenvalue weighted by Gasteiger charge is 2.31. The number of carbonyl (C=O) groups is 4. The van der Waals surface area contributed by atoms with Gasteiger partial charge >= 0.3 is 5.97 Å². The summed E-state index contributed by atoms with van der Waals surface area (Å²) >= 11 is 1.10. The normalized spacial score (nSPS) is 20.4. The monoisotopic (exact) mass is 275 g/mol. The molecule has 0 saturated carbocycles. The SMILES string of the molecule is NC(CSC1CC(=O)NC1=O)C(=O)NCC(=O)O. The van der Waals surface area contributed by atoms with E-state index in [2.05, 4.69) is 10.6 Å². The van der Waals surface area contributed by atoms with Crippen LogP contribution in [0.5, 0.6) is 0 Å². The van der Waals surface area contributed by atoms with Gasteiger partial charge in [-0.1, -0.05) is 0 Å². The highest BCUT2D eigenvalue weighted by atomic mass is 32.2. The van der Waals surface area contributed by atoms with Crippen LogP contribution < -0.4 is 16.4 Å². The Labute approximate surface area is 107 Å². The second kappa shape index (κ2) is 6.36. The molecular formula is C9H13N3O5S. The van der Waals surface area contributed by atoms with Gasteiger partial charge in [0.25, 0.3) is 0 Å². The van der Waals surface area contributed by atoms with E-state index >= 15 is 0 Å². The lowest BCUT2D eigenvalue weighted by Crippen LogP contribution is -2.44. The van der Waals surface area contributed by atoms with Crippen LogP contribution in [0.2, 0.25) is 0 Å². The van der Waals surface area contributed by atoms with E-state index in [-0.39, 0.29) is 24.0 Å². The van der Waals surface area contributed by atoms with Crippen molar-refractivity contribution < 1.29 is 24.3 Å². The number of hydrogen-bond donors (Lipinski definition) is 4. The molecule has 2 unspecified atom stereocenters. The lowest BCUT2D eigenvalue weighted by Gasteiger charge is -2.12. The standard InChI is InChI=1S/C9H13N3O5S/c10-4(8(16)11-2-7(14)15)3-18-5-1-6(13)12-9(5)17/h4-5H,1-3,10H2,(H,11,16)(H,14,15)(H,12,13,17). The van der Waals surface area contributed by atoms with Gasteiger partial charge in [-0.25, -0.2) is 0 Å². The number of imide groups is 1. The fraction of sp³-hybridized carbons (Fsp3) is 0.556. The van der Waals surface area contributed by atoms with E-state index in [0.29, 0.717) is 0 Å². The maximum Gasteiger partial charge on any atom is 0.322 e. The predicted molar refractivity (Wildman–Crippen MR) is 62.6 cm³/mol. The third kappa shape index (κ3) is 4.34. The summed E-state index contributed by atoms with van der Waals surface area (Å²) in [7, 11) is 0. The molecule has 1 heterocycles. The lowest BCUT2D eigenvalue weighted by molar-refractivity contribution is -0.138. The number of carboxylic acids is 1. The maximum atomic E-state index is 11.3. The van der Waals surface area contributed by atoms with E-state index < -0.39 is 29.7 Å². The van der Waals surface area contributed by atoms with Crippen LogP contribution >= 0.6 is 11.8 Å². The van der Waals surface area contributed by atoms with Crippen LogP contribution in [-0.4, -0.2) is 52.4 Å². The van der Waals surface area contributed by atoms with E-state index in [1.54, 1.807) is 0 Å². The Balaban J connectivity index is 2.30. The number of nitrogens with two attached hydrogens (primary N) is 1. The van der Waals surface area contributed by atoms with E-state index in [0.717, 1.165) is 11.8 Å². The van der Waals surface area contributed by atoms with Crippen molar-refractivity contribution in [1.29, 1.82) is 0 Å². The lowest BCUT2D eigenvalue weighted by atomic mass is 10.3. The van der Waals surface area contributed by atoms with Crippen molar-refractivity contribution in [3.63, 3.8) is 0 Å². The Bertz CT molecular complexity index is 386. The number of carboxylic acid groups (broad SMARTS) is 1. The van der Waals surface area contributed by atoms with Crippen LogP contribution in [0.25, 0.3) is 0 Å². The molecule has 0 aromatic carbocycles. The fourth-order valence-electron chi connectivity index (χ4n) is 1.25. The first-order valence-corrected chi connectivity index (χ1v) is 6.15. The van der Waals surface area contributed by atoms with Gasteiger partial charge in [-0.3, -0.25) is 24.5 Å². The molecule has 1 aliphatic rings. The number of carbonyl (C=O) groups excluding carboxylic acids is 3. The molecule has 8 nitrogen and oxygen atoms in total. The van der Waals surface area contributed by atoms with Gasteiger partial charge in [-0.05, 0) is 0 Å². The maximum absolute atomic E-state index is 11.3. The topological polar surface area (TPSA) is 139 Å². The number of amides is 3. The first-order chi connectivity index (χ1) is 8.40. The summed E-state index contributed by atoms with van der Waals surface area (Å²) in [5.41, 5.74) is 5.52. The molecule has 0 radical (unpaired) electrons. The van der Waals surface area contributed by atoms with E-state index in [1.165, 1.54) is 0 Å². The van der Waals surface area contributed by atoms with Gasteiger partial charge in [-0.2, -0.15) is 0 Å². The summed E-state index contributed by atoms with van der Waals surface area (Å²) in [6, 6.07) is -0.919. The number of nitrogens with one attached hydrogen (secondary N) is 2. The van der Waals surface area contributed by atoms with Crippen LogP contribution in [0.15, 0.2) is 0 Å². The summed E-state index contributed by atoms with van der Waals surface area (Å²) in [5, 5.41) is 12.1. The quantitative estimate of drug-likeness (QED) is 0.398. The summed E-state index contributed by atoms with van der Waals surface area (Å²) < 4.78 is 0. The molecular weight excluding hydrogens is 262 g/mol. The minimum absolute atomic E-state index is 0.0764. The number of thioether (sulfide) groups is 1. The van der Waals surface area contributed by atoms with Gasteiger partial charge in [0.1, 0.15) is 6.54 Å². The molecule has 0 aromatic heterocycles. The second-order valence-corrected chi connectivity index (χ2v) is 4.89.